The minimum Gasteiger partial charge on any atom is -0.493 e. The maximum Gasteiger partial charge on any atom is 0.412 e. The number of hydrogen-bond acceptors (Lipinski definition) is 6. The first-order valence-electron chi connectivity index (χ1n) is 9.55. The molecule has 7 nitrogen and oxygen atoms in total. The highest BCUT2D eigenvalue weighted by molar-refractivity contribution is 6.11. The Morgan fingerprint density at radius 1 is 1.00 bits per heavy atom. The molecule has 1 aromatic heterocycles. The number of halogens is 1. The molecule has 32 heavy (non-hydrogen) atoms. The standard InChI is InChI=1S/C24H18FNO6/c1-29-19-11-17-18(12-20(19)30-13-14-5-3-2-4-6-14)31-22(15-7-9-16(25)10-8-15)21(17)23(27)32-24(26)28/h2-12H,13H2,1H3,(H2,26,28). The van der Waals surface area contributed by atoms with Crippen molar-refractivity contribution in [1.82, 2.24) is 0 Å². The fourth-order valence-corrected chi connectivity index (χ4v) is 3.26. The smallest absolute Gasteiger partial charge is 0.412 e. The average molecular weight is 435 g/mol. The second kappa shape index (κ2) is 8.81. The second-order valence-corrected chi connectivity index (χ2v) is 6.80. The van der Waals surface area contributed by atoms with Crippen molar-refractivity contribution in [1.29, 1.82) is 0 Å². The maximum absolute atomic E-state index is 13.4. The molecule has 4 rings (SSSR count). The number of amides is 1. The van der Waals surface area contributed by atoms with Crippen LogP contribution in [0.15, 0.2) is 71.1 Å². The summed E-state index contributed by atoms with van der Waals surface area (Å²) in [6.07, 6.45) is -1.26. The Hall–Kier alpha value is -4.33. The molecule has 0 unspecified atom stereocenters. The lowest BCUT2D eigenvalue weighted by atomic mass is 10.1. The van der Waals surface area contributed by atoms with Crippen molar-refractivity contribution in [2.45, 2.75) is 6.61 Å². The molecule has 0 saturated carbocycles. The molecule has 0 bridgehead atoms. The third kappa shape index (κ3) is 4.24. The summed E-state index contributed by atoms with van der Waals surface area (Å²) >= 11 is 0. The number of esters is 1. The monoisotopic (exact) mass is 435 g/mol. The molecule has 0 radical (unpaired) electrons. The summed E-state index contributed by atoms with van der Waals surface area (Å²) in [5.41, 5.74) is 6.62. The molecular weight excluding hydrogens is 417 g/mol. The maximum atomic E-state index is 13.4. The number of rotatable bonds is 6. The van der Waals surface area contributed by atoms with Crippen LogP contribution < -0.4 is 15.2 Å². The SMILES string of the molecule is COc1cc2c(C(=O)OC(N)=O)c(-c3ccc(F)cc3)oc2cc1OCc1ccccc1. The predicted octanol–water partition coefficient (Wildman–Crippen LogP) is 5.06. The van der Waals surface area contributed by atoms with E-state index >= 15 is 0 Å². The molecule has 0 aliphatic carbocycles. The molecule has 2 N–H and O–H groups in total. The van der Waals surface area contributed by atoms with Gasteiger partial charge in [-0.05, 0) is 35.9 Å². The molecule has 0 aliphatic heterocycles. The summed E-state index contributed by atoms with van der Waals surface area (Å²) in [6, 6.07) is 18.0. The van der Waals surface area contributed by atoms with Crippen molar-refractivity contribution < 1.29 is 32.6 Å². The van der Waals surface area contributed by atoms with Crippen LogP contribution in [0.25, 0.3) is 22.3 Å². The van der Waals surface area contributed by atoms with Crippen molar-refractivity contribution in [2.24, 2.45) is 5.73 Å². The number of primary amides is 1. The summed E-state index contributed by atoms with van der Waals surface area (Å²) < 4.78 is 35.2. The van der Waals surface area contributed by atoms with E-state index in [1.807, 2.05) is 30.3 Å². The van der Waals surface area contributed by atoms with Gasteiger partial charge in [0, 0.05) is 17.0 Å². The zero-order valence-electron chi connectivity index (χ0n) is 17.0. The number of furan rings is 1. The highest BCUT2D eigenvalue weighted by Crippen LogP contribution is 2.40. The van der Waals surface area contributed by atoms with Gasteiger partial charge >= 0.3 is 12.1 Å². The molecule has 0 atom stereocenters. The molecule has 1 amide bonds. The van der Waals surface area contributed by atoms with Crippen molar-refractivity contribution in [3.63, 3.8) is 0 Å². The van der Waals surface area contributed by atoms with Gasteiger partial charge in [-0.3, -0.25) is 0 Å². The Kier molecular flexibility index (Phi) is 5.76. The molecule has 1 heterocycles. The molecule has 0 saturated heterocycles. The summed E-state index contributed by atoms with van der Waals surface area (Å²) in [7, 11) is 1.46. The topological polar surface area (TPSA) is 101 Å². The van der Waals surface area contributed by atoms with E-state index in [2.05, 4.69) is 4.74 Å². The summed E-state index contributed by atoms with van der Waals surface area (Å²) in [4.78, 5) is 23.8. The van der Waals surface area contributed by atoms with Crippen LogP contribution in [0.3, 0.4) is 0 Å². The molecule has 4 aromatic rings. The minimum absolute atomic E-state index is 0.0432. The Morgan fingerprint density at radius 3 is 2.38 bits per heavy atom. The van der Waals surface area contributed by atoms with Gasteiger partial charge in [-0.15, -0.1) is 0 Å². The summed E-state index contributed by atoms with van der Waals surface area (Å²) in [6.45, 7) is 0.283. The lowest BCUT2D eigenvalue weighted by Crippen LogP contribution is -2.18. The molecule has 0 spiro atoms. The first kappa shape index (κ1) is 20.9. The van der Waals surface area contributed by atoms with Crippen molar-refractivity contribution in [3.05, 3.63) is 83.7 Å². The van der Waals surface area contributed by atoms with Crippen LogP contribution in [0, 0.1) is 5.82 Å². The van der Waals surface area contributed by atoms with Crippen LogP contribution in [0.1, 0.15) is 15.9 Å². The van der Waals surface area contributed by atoms with E-state index in [9.17, 15) is 14.0 Å². The first-order valence-corrected chi connectivity index (χ1v) is 9.55. The van der Waals surface area contributed by atoms with Gasteiger partial charge in [0.2, 0.25) is 0 Å². The quantitative estimate of drug-likeness (QED) is 0.336. The van der Waals surface area contributed by atoms with E-state index in [0.717, 1.165) is 5.56 Å². The number of benzene rings is 3. The minimum atomic E-state index is -1.26. The van der Waals surface area contributed by atoms with E-state index in [4.69, 9.17) is 19.6 Å². The number of ether oxygens (including phenoxy) is 3. The third-order valence-corrected chi connectivity index (χ3v) is 4.72. The van der Waals surface area contributed by atoms with E-state index in [-0.39, 0.29) is 23.5 Å². The Balaban J connectivity index is 1.82. The van der Waals surface area contributed by atoms with Crippen LogP contribution in [-0.2, 0) is 11.3 Å². The molecular formula is C24H18FNO6. The number of nitrogens with two attached hydrogens (primary N) is 1. The van der Waals surface area contributed by atoms with Crippen LogP contribution in [0.4, 0.5) is 9.18 Å². The largest absolute Gasteiger partial charge is 0.493 e. The van der Waals surface area contributed by atoms with Crippen LogP contribution in [0.2, 0.25) is 0 Å². The van der Waals surface area contributed by atoms with Gasteiger partial charge in [0.1, 0.15) is 29.3 Å². The van der Waals surface area contributed by atoms with E-state index in [0.29, 0.717) is 22.4 Å². The fourth-order valence-electron chi connectivity index (χ4n) is 3.26. The lowest BCUT2D eigenvalue weighted by molar-refractivity contribution is 0.0640. The zero-order valence-corrected chi connectivity index (χ0v) is 17.0. The average Bonchev–Trinajstić information content (AvgIpc) is 3.16. The Bertz CT molecular complexity index is 1280. The molecule has 0 aliphatic rings. The van der Waals surface area contributed by atoms with E-state index in [1.165, 1.54) is 31.4 Å². The van der Waals surface area contributed by atoms with Gasteiger partial charge in [-0.25, -0.2) is 14.0 Å². The van der Waals surface area contributed by atoms with Crippen molar-refractivity contribution >= 4 is 23.0 Å². The molecule has 8 heteroatoms. The summed E-state index contributed by atoms with van der Waals surface area (Å²) in [5.74, 6) is -0.639. The number of hydrogen-bond donors (Lipinski definition) is 1. The molecule has 0 fully saturated rings. The second-order valence-electron chi connectivity index (χ2n) is 6.80. The van der Waals surface area contributed by atoms with Crippen LogP contribution >= 0.6 is 0 Å². The predicted molar refractivity (Wildman–Crippen MR) is 114 cm³/mol. The van der Waals surface area contributed by atoms with Gasteiger partial charge in [0.25, 0.3) is 0 Å². The lowest BCUT2D eigenvalue weighted by Gasteiger charge is -2.11. The van der Waals surface area contributed by atoms with E-state index in [1.54, 1.807) is 12.1 Å². The highest BCUT2D eigenvalue weighted by Gasteiger charge is 2.26. The van der Waals surface area contributed by atoms with E-state index < -0.39 is 17.9 Å². The normalized spacial score (nSPS) is 10.7. The zero-order chi connectivity index (χ0) is 22.7. The van der Waals surface area contributed by atoms with Crippen molar-refractivity contribution in [3.8, 4) is 22.8 Å². The van der Waals surface area contributed by atoms with Gasteiger partial charge in [-0.2, -0.15) is 0 Å². The Morgan fingerprint density at radius 2 is 1.72 bits per heavy atom. The van der Waals surface area contributed by atoms with Crippen LogP contribution in [-0.4, -0.2) is 19.2 Å². The molecule has 162 valence electrons. The van der Waals surface area contributed by atoms with Gasteiger partial charge in [0.05, 0.1) is 7.11 Å². The highest BCUT2D eigenvalue weighted by atomic mass is 19.1. The third-order valence-electron chi connectivity index (χ3n) is 4.72. The number of carbonyl (C=O) groups is 2. The van der Waals surface area contributed by atoms with Crippen LogP contribution in [0.5, 0.6) is 11.5 Å². The van der Waals surface area contributed by atoms with Gasteiger partial charge in [0.15, 0.2) is 11.5 Å². The first-order chi connectivity index (χ1) is 15.5. The van der Waals surface area contributed by atoms with Gasteiger partial charge in [-0.1, -0.05) is 30.3 Å². The Labute approximate surface area is 182 Å². The number of methoxy groups -OCH3 is 1. The fraction of sp³-hybridized carbons (Fsp3) is 0.0833. The molecule has 3 aromatic carbocycles. The van der Waals surface area contributed by atoms with Gasteiger partial charge < -0.3 is 24.4 Å². The summed E-state index contributed by atoms with van der Waals surface area (Å²) in [5, 5.41) is 0.319. The number of carbonyl (C=O) groups excluding carboxylic acids is 2. The van der Waals surface area contributed by atoms with Crippen molar-refractivity contribution in [2.75, 3.05) is 7.11 Å². The number of fused-ring (bicyclic) bond motifs is 1.